The zero-order chi connectivity index (χ0) is 18.4. The number of nitrogens with zero attached hydrogens (tertiary/aromatic N) is 3. The monoisotopic (exact) mass is 365 g/mol. The highest BCUT2D eigenvalue weighted by atomic mass is 32.1. The van der Waals surface area contributed by atoms with Crippen molar-refractivity contribution in [1.82, 2.24) is 14.9 Å². The molecule has 2 aromatic heterocycles. The lowest BCUT2D eigenvalue weighted by atomic mass is 10.2. The van der Waals surface area contributed by atoms with Crippen molar-refractivity contribution in [3.05, 3.63) is 71.0 Å². The van der Waals surface area contributed by atoms with Crippen molar-refractivity contribution < 1.29 is 4.79 Å². The van der Waals surface area contributed by atoms with Gasteiger partial charge in [-0.15, -0.1) is 11.3 Å². The number of aromatic nitrogens is 2. The van der Waals surface area contributed by atoms with Gasteiger partial charge in [0.15, 0.2) is 0 Å². The molecule has 134 valence electrons. The summed E-state index contributed by atoms with van der Waals surface area (Å²) in [4.78, 5) is 23.7. The molecule has 3 rings (SSSR count). The predicted molar refractivity (Wildman–Crippen MR) is 106 cm³/mol. The number of benzene rings is 1. The maximum atomic E-state index is 12.9. The van der Waals surface area contributed by atoms with Gasteiger partial charge in [-0.1, -0.05) is 42.8 Å². The largest absolute Gasteiger partial charge is 0.337 e. The third-order valence-electron chi connectivity index (χ3n) is 4.17. The molecule has 0 bridgehead atoms. The molecule has 1 aromatic carbocycles. The first-order valence-corrected chi connectivity index (χ1v) is 9.77. The highest BCUT2D eigenvalue weighted by molar-refractivity contribution is 7.13. The van der Waals surface area contributed by atoms with Crippen molar-refractivity contribution >= 4 is 17.2 Å². The number of hydrogen-bond acceptors (Lipinski definition) is 4. The number of hydrogen-bond donors (Lipinski definition) is 0. The molecule has 0 radical (unpaired) electrons. The maximum Gasteiger partial charge on any atom is 0.273 e. The Hall–Kier alpha value is -2.53. The summed E-state index contributed by atoms with van der Waals surface area (Å²) in [6, 6.07) is 14.1. The van der Waals surface area contributed by atoms with Gasteiger partial charge in [0, 0.05) is 42.3 Å². The number of carbonyl (C=O) groups is 1. The Balaban J connectivity index is 1.71. The van der Waals surface area contributed by atoms with Crippen molar-refractivity contribution in [2.24, 2.45) is 0 Å². The molecule has 2 heterocycles. The van der Waals surface area contributed by atoms with E-state index in [1.165, 1.54) is 16.9 Å². The molecule has 0 saturated heterocycles. The van der Waals surface area contributed by atoms with E-state index in [1.807, 2.05) is 40.6 Å². The standard InChI is InChI=1S/C21H23N3OS/c1-3-13-24(14-11-18-6-4-5-12-22-18)21(25)19-15-26-20(23-19)17-9-7-16(2)8-10-17/h4-10,12,15H,3,11,13-14H2,1-2H3. The molecule has 5 heteroatoms. The summed E-state index contributed by atoms with van der Waals surface area (Å²) in [7, 11) is 0. The first-order valence-electron chi connectivity index (χ1n) is 8.89. The lowest BCUT2D eigenvalue weighted by Gasteiger charge is -2.21. The highest BCUT2D eigenvalue weighted by Crippen LogP contribution is 2.24. The van der Waals surface area contributed by atoms with Crippen LogP contribution in [-0.2, 0) is 6.42 Å². The smallest absolute Gasteiger partial charge is 0.273 e. The molecule has 0 aliphatic heterocycles. The van der Waals surface area contributed by atoms with Crippen LogP contribution in [0.2, 0.25) is 0 Å². The number of aryl methyl sites for hydroxylation is 1. The highest BCUT2D eigenvalue weighted by Gasteiger charge is 2.18. The molecular formula is C21H23N3OS. The Labute approximate surface area is 158 Å². The van der Waals surface area contributed by atoms with Gasteiger partial charge in [0.25, 0.3) is 5.91 Å². The Morgan fingerprint density at radius 1 is 1.12 bits per heavy atom. The summed E-state index contributed by atoms with van der Waals surface area (Å²) in [6.07, 6.45) is 3.46. The average Bonchev–Trinajstić information content (AvgIpc) is 3.16. The molecule has 0 saturated carbocycles. The van der Waals surface area contributed by atoms with Crippen LogP contribution in [0.25, 0.3) is 10.6 Å². The van der Waals surface area contributed by atoms with Gasteiger partial charge in [-0.05, 0) is 25.5 Å². The molecule has 0 aliphatic carbocycles. The van der Waals surface area contributed by atoms with E-state index in [2.05, 4.69) is 35.9 Å². The van der Waals surface area contributed by atoms with Gasteiger partial charge in [-0.25, -0.2) is 4.98 Å². The van der Waals surface area contributed by atoms with Crippen molar-refractivity contribution in [3.8, 4) is 10.6 Å². The van der Waals surface area contributed by atoms with Crippen LogP contribution in [0.5, 0.6) is 0 Å². The molecule has 1 amide bonds. The van der Waals surface area contributed by atoms with Crippen molar-refractivity contribution in [3.63, 3.8) is 0 Å². The number of amides is 1. The lowest BCUT2D eigenvalue weighted by molar-refractivity contribution is 0.0752. The number of carbonyl (C=O) groups excluding carboxylic acids is 1. The molecule has 0 unspecified atom stereocenters. The van der Waals surface area contributed by atoms with Crippen molar-refractivity contribution in [1.29, 1.82) is 0 Å². The SMILES string of the molecule is CCCN(CCc1ccccn1)C(=O)c1csc(-c2ccc(C)cc2)n1. The fourth-order valence-corrected chi connectivity index (χ4v) is 3.54. The molecule has 0 aliphatic rings. The fraction of sp³-hybridized carbons (Fsp3) is 0.286. The van der Waals surface area contributed by atoms with Gasteiger partial charge in [-0.3, -0.25) is 9.78 Å². The second-order valence-electron chi connectivity index (χ2n) is 6.27. The number of rotatable bonds is 7. The summed E-state index contributed by atoms with van der Waals surface area (Å²) in [5, 5.41) is 2.75. The minimum Gasteiger partial charge on any atom is -0.337 e. The zero-order valence-corrected chi connectivity index (χ0v) is 16.0. The summed E-state index contributed by atoms with van der Waals surface area (Å²) in [6.45, 7) is 5.52. The van der Waals surface area contributed by atoms with Crippen LogP contribution in [0.4, 0.5) is 0 Å². The predicted octanol–water partition coefficient (Wildman–Crippen LogP) is 4.61. The minimum absolute atomic E-state index is 0.00241. The maximum absolute atomic E-state index is 12.9. The lowest BCUT2D eigenvalue weighted by Crippen LogP contribution is -2.34. The van der Waals surface area contributed by atoms with Crippen LogP contribution in [0.3, 0.4) is 0 Å². The van der Waals surface area contributed by atoms with Gasteiger partial charge in [0.2, 0.25) is 0 Å². The zero-order valence-electron chi connectivity index (χ0n) is 15.2. The first kappa shape index (κ1) is 18.3. The average molecular weight is 366 g/mol. The number of pyridine rings is 1. The molecule has 3 aromatic rings. The van der Waals surface area contributed by atoms with E-state index in [1.54, 1.807) is 6.20 Å². The van der Waals surface area contributed by atoms with Crippen LogP contribution in [0.1, 0.15) is 35.1 Å². The third kappa shape index (κ3) is 4.55. The second kappa shape index (κ2) is 8.72. The molecule has 0 fully saturated rings. The Morgan fingerprint density at radius 3 is 2.62 bits per heavy atom. The normalized spacial score (nSPS) is 10.7. The van der Waals surface area contributed by atoms with Crippen LogP contribution in [0, 0.1) is 6.92 Å². The molecule has 4 nitrogen and oxygen atoms in total. The Bertz CT molecular complexity index is 843. The quantitative estimate of drug-likeness (QED) is 0.614. The van der Waals surface area contributed by atoms with Crippen molar-refractivity contribution in [2.45, 2.75) is 26.7 Å². The minimum atomic E-state index is -0.00241. The topological polar surface area (TPSA) is 46.1 Å². The summed E-state index contributed by atoms with van der Waals surface area (Å²) >= 11 is 1.52. The third-order valence-corrected chi connectivity index (χ3v) is 5.06. The summed E-state index contributed by atoms with van der Waals surface area (Å²) < 4.78 is 0. The Kier molecular flexibility index (Phi) is 6.12. The van der Waals surface area contributed by atoms with E-state index < -0.39 is 0 Å². The van der Waals surface area contributed by atoms with Crippen LogP contribution in [0.15, 0.2) is 54.0 Å². The van der Waals surface area contributed by atoms with E-state index >= 15 is 0 Å². The molecular weight excluding hydrogens is 342 g/mol. The van der Waals surface area contributed by atoms with E-state index in [4.69, 9.17) is 0 Å². The second-order valence-corrected chi connectivity index (χ2v) is 7.13. The van der Waals surface area contributed by atoms with Crippen LogP contribution < -0.4 is 0 Å². The van der Waals surface area contributed by atoms with E-state index in [9.17, 15) is 4.79 Å². The van der Waals surface area contributed by atoms with Gasteiger partial charge < -0.3 is 4.90 Å². The molecule has 26 heavy (non-hydrogen) atoms. The molecule has 0 N–H and O–H groups in total. The van der Waals surface area contributed by atoms with E-state index in [0.717, 1.165) is 35.7 Å². The van der Waals surface area contributed by atoms with E-state index in [-0.39, 0.29) is 5.91 Å². The van der Waals surface area contributed by atoms with Crippen LogP contribution in [-0.4, -0.2) is 33.9 Å². The fourth-order valence-electron chi connectivity index (χ4n) is 2.74. The Morgan fingerprint density at radius 2 is 1.92 bits per heavy atom. The van der Waals surface area contributed by atoms with Gasteiger partial charge in [0.05, 0.1) is 0 Å². The van der Waals surface area contributed by atoms with Gasteiger partial charge in [0.1, 0.15) is 10.7 Å². The van der Waals surface area contributed by atoms with Crippen LogP contribution >= 0.6 is 11.3 Å². The van der Waals surface area contributed by atoms with Gasteiger partial charge in [-0.2, -0.15) is 0 Å². The first-order chi connectivity index (χ1) is 12.7. The molecule has 0 spiro atoms. The van der Waals surface area contributed by atoms with Crippen molar-refractivity contribution in [2.75, 3.05) is 13.1 Å². The number of thiazole rings is 1. The summed E-state index contributed by atoms with van der Waals surface area (Å²) in [5.74, 6) is -0.00241. The summed E-state index contributed by atoms with van der Waals surface area (Å²) in [5.41, 5.74) is 3.79. The van der Waals surface area contributed by atoms with Gasteiger partial charge >= 0.3 is 0 Å². The van der Waals surface area contributed by atoms with E-state index in [0.29, 0.717) is 12.2 Å². The molecule has 0 atom stereocenters.